The molecule has 0 N–H and O–H groups in total. The first-order valence-corrected chi connectivity index (χ1v) is 7.33. The van der Waals surface area contributed by atoms with Crippen molar-refractivity contribution < 1.29 is 9.53 Å². The minimum Gasteiger partial charge on any atom is -0.402 e. The SMILES string of the molecule is O=C1OC(c2cccc(Br)c2)=NC1=Cc1cccc(Cl)c1. The Hall–Kier alpha value is -1.91. The van der Waals surface area contributed by atoms with Crippen molar-refractivity contribution in [3.63, 3.8) is 0 Å². The number of carbonyl (C=O) groups excluding carboxylic acids is 1. The van der Waals surface area contributed by atoms with Crippen molar-refractivity contribution in [1.82, 2.24) is 0 Å². The summed E-state index contributed by atoms with van der Waals surface area (Å²) >= 11 is 9.30. The molecule has 0 unspecified atom stereocenters. The first-order chi connectivity index (χ1) is 10.1. The molecule has 0 fully saturated rings. The summed E-state index contributed by atoms with van der Waals surface area (Å²) in [7, 11) is 0. The highest BCUT2D eigenvalue weighted by Gasteiger charge is 2.24. The maximum Gasteiger partial charge on any atom is 0.363 e. The number of benzene rings is 2. The lowest BCUT2D eigenvalue weighted by molar-refractivity contribution is -0.129. The molecule has 0 saturated heterocycles. The average molecular weight is 363 g/mol. The molecule has 3 nitrogen and oxygen atoms in total. The molecule has 1 heterocycles. The van der Waals surface area contributed by atoms with Crippen molar-refractivity contribution in [2.45, 2.75) is 0 Å². The molecule has 0 saturated carbocycles. The fourth-order valence-electron chi connectivity index (χ4n) is 1.91. The molecule has 104 valence electrons. The standard InChI is InChI=1S/C16H9BrClNO2/c17-12-5-2-4-11(9-12)15-19-14(16(20)21-15)8-10-3-1-6-13(18)7-10/h1-9H. The predicted molar refractivity (Wildman–Crippen MR) is 86.2 cm³/mol. The van der Waals surface area contributed by atoms with Crippen LogP contribution < -0.4 is 0 Å². The molecule has 5 heteroatoms. The minimum absolute atomic E-state index is 0.257. The van der Waals surface area contributed by atoms with E-state index in [0.29, 0.717) is 10.9 Å². The topological polar surface area (TPSA) is 38.7 Å². The first-order valence-electron chi connectivity index (χ1n) is 6.16. The van der Waals surface area contributed by atoms with E-state index in [4.69, 9.17) is 16.3 Å². The van der Waals surface area contributed by atoms with Gasteiger partial charge in [-0.2, -0.15) is 0 Å². The Balaban J connectivity index is 1.95. The highest BCUT2D eigenvalue weighted by atomic mass is 79.9. The van der Waals surface area contributed by atoms with Crippen LogP contribution in [0.2, 0.25) is 5.02 Å². The van der Waals surface area contributed by atoms with Crippen LogP contribution >= 0.6 is 27.5 Å². The first kappa shape index (κ1) is 14.0. The zero-order valence-corrected chi connectivity index (χ0v) is 13.1. The maximum atomic E-state index is 11.9. The van der Waals surface area contributed by atoms with Crippen LogP contribution in [0.15, 0.2) is 63.7 Å². The molecular weight excluding hydrogens is 354 g/mol. The van der Waals surface area contributed by atoms with E-state index in [1.165, 1.54) is 0 Å². The molecular formula is C16H9BrClNO2. The smallest absolute Gasteiger partial charge is 0.363 e. The van der Waals surface area contributed by atoms with E-state index < -0.39 is 5.97 Å². The average Bonchev–Trinajstić information content (AvgIpc) is 2.80. The second-order valence-corrected chi connectivity index (χ2v) is 5.75. The minimum atomic E-state index is -0.468. The second kappa shape index (κ2) is 5.84. The van der Waals surface area contributed by atoms with Crippen LogP contribution in [0.25, 0.3) is 6.08 Å². The summed E-state index contributed by atoms with van der Waals surface area (Å²) in [5.74, 6) is -0.167. The zero-order chi connectivity index (χ0) is 14.8. The van der Waals surface area contributed by atoms with Crippen molar-refractivity contribution in [3.05, 3.63) is 74.9 Å². The lowest BCUT2D eigenvalue weighted by Gasteiger charge is -1.99. The van der Waals surface area contributed by atoms with E-state index in [1.54, 1.807) is 18.2 Å². The van der Waals surface area contributed by atoms with Crippen molar-refractivity contribution in [2.75, 3.05) is 0 Å². The molecule has 0 bridgehead atoms. The van der Waals surface area contributed by atoms with Crippen LogP contribution in [-0.4, -0.2) is 11.9 Å². The third kappa shape index (κ3) is 3.23. The Labute approximate surface area is 135 Å². The van der Waals surface area contributed by atoms with E-state index >= 15 is 0 Å². The molecule has 2 aromatic carbocycles. The van der Waals surface area contributed by atoms with Crippen molar-refractivity contribution in [2.24, 2.45) is 4.99 Å². The lowest BCUT2D eigenvalue weighted by atomic mass is 10.2. The molecule has 0 aliphatic carbocycles. The Bertz CT molecular complexity index is 783. The third-order valence-electron chi connectivity index (χ3n) is 2.84. The molecule has 1 aliphatic rings. The van der Waals surface area contributed by atoms with E-state index in [2.05, 4.69) is 20.9 Å². The van der Waals surface area contributed by atoms with Crippen LogP contribution in [-0.2, 0) is 9.53 Å². The van der Waals surface area contributed by atoms with Crippen LogP contribution in [0.3, 0.4) is 0 Å². The van der Waals surface area contributed by atoms with Gasteiger partial charge in [-0.1, -0.05) is 45.7 Å². The fraction of sp³-hybridized carbons (Fsp3) is 0. The van der Waals surface area contributed by atoms with Crippen molar-refractivity contribution >= 4 is 45.5 Å². The number of esters is 1. The summed E-state index contributed by atoms with van der Waals surface area (Å²) in [5, 5.41) is 0.604. The van der Waals surface area contributed by atoms with Crippen LogP contribution in [0.1, 0.15) is 11.1 Å². The Morgan fingerprint density at radius 3 is 2.71 bits per heavy atom. The molecule has 21 heavy (non-hydrogen) atoms. The Kier molecular flexibility index (Phi) is 3.90. The summed E-state index contributed by atoms with van der Waals surface area (Å²) in [6, 6.07) is 14.6. The van der Waals surface area contributed by atoms with Gasteiger partial charge in [-0.15, -0.1) is 0 Å². The molecule has 0 spiro atoms. The van der Waals surface area contributed by atoms with Gasteiger partial charge in [0.15, 0.2) is 5.70 Å². The molecule has 0 atom stereocenters. The molecule has 0 aromatic heterocycles. The highest BCUT2D eigenvalue weighted by Crippen LogP contribution is 2.22. The molecule has 3 rings (SSSR count). The van der Waals surface area contributed by atoms with Gasteiger partial charge >= 0.3 is 5.97 Å². The summed E-state index contributed by atoms with van der Waals surface area (Å²) in [6.07, 6.45) is 1.65. The number of rotatable bonds is 2. The van der Waals surface area contributed by atoms with Gasteiger partial charge in [-0.05, 0) is 42.0 Å². The molecule has 2 aromatic rings. The predicted octanol–water partition coefficient (Wildman–Crippen LogP) is 4.45. The monoisotopic (exact) mass is 361 g/mol. The third-order valence-corrected chi connectivity index (χ3v) is 3.57. The summed E-state index contributed by atoms with van der Waals surface area (Å²) < 4.78 is 6.10. The van der Waals surface area contributed by atoms with Gasteiger partial charge in [-0.25, -0.2) is 9.79 Å². The summed E-state index contributed by atoms with van der Waals surface area (Å²) in [6.45, 7) is 0. The normalized spacial score (nSPS) is 16.0. The van der Waals surface area contributed by atoms with E-state index in [-0.39, 0.29) is 5.70 Å². The van der Waals surface area contributed by atoms with Gasteiger partial charge in [0.05, 0.1) is 0 Å². The number of hydrogen-bond acceptors (Lipinski definition) is 3. The maximum absolute atomic E-state index is 11.9. The number of halogens is 2. The Morgan fingerprint density at radius 1 is 1.14 bits per heavy atom. The van der Waals surface area contributed by atoms with E-state index in [1.807, 2.05) is 36.4 Å². The second-order valence-electron chi connectivity index (χ2n) is 4.40. The summed E-state index contributed by atoms with van der Waals surface area (Å²) in [4.78, 5) is 16.1. The highest BCUT2D eigenvalue weighted by molar-refractivity contribution is 9.10. The number of hydrogen-bond donors (Lipinski definition) is 0. The van der Waals surface area contributed by atoms with Crippen LogP contribution in [0, 0.1) is 0 Å². The number of carbonyl (C=O) groups is 1. The number of ether oxygens (including phenoxy) is 1. The Morgan fingerprint density at radius 2 is 1.95 bits per heavy atom. The van der Waals surface area contributed by atoms with Crippen molar-refractivity contribution in [3.8, 4) is 0 Å². The summed E-state index contributed by atoms with van der Waals surface area (Å²) in [5.41, 5.74) is 1.80. The zero-order valence-electron chi connectivity index (χ0n) is 10.7. The van der Waals surface area contributed by atoms with E-state index in [9.17, 15) is 4.79 Å². The van der Waals surface area contributed by atoms with E-state index in [0.717, 1.165) is 15.6 Å². The quantitative estimate of drug-likeness (QED) is 0.585. The van der Waals surface area contributed by atoms with Crippen LogP contribution in [0.5, 0.6) is 0 Å². The number of aliphatic imine (C=N–C) groups is 1. The molecule has 0 amide bonds. The largest absolute Gasteiger partial charge is 0.402 e. The van der Waals surface area contributed by atoms with Gasteiger partial charge in [-0.3, -0.25) is 0 Å². The number of cyclic esters (lactones) is 1. The van der Waals surface area contributed by atoms with Crippen molar-refractivity contribution in [1.29, 1.82) is 0 Å². The molecule has 0 radical (unpaired) electrons. The van der Waals surface area contributed by atoms with Gasteiger partial charge in [0.1, 0.15) is 0 Å². The van der Waals surface area contributed by atoms with Gasteiger partial charge < -0.3 is 4.74 Å². The van der Waals surface area contributed by atoms with Gasteiger partial charge in [0.25, 0.3) is 0 Å². The van der Waals surface area contributed by atoms with Gasteiger partial charge in [0, 0.05) is 15.1 Å². The van der Waals surface area contributed by atoms with Gasteiger partial charge in [0.2, 0.25) is 5.90 Å². The lowest BCUT2D eigenvalue weighted by Crippen LogP contribution is -2.05. The molecule has 1 aliphatic heterocycles. The van der Waals surface area contributed by atoms with Crippen LogP contribution in [0.4, 0.5) is 0 Å². The fourth-order valence-corrected chi connectivity index (χ4v) is 2.51. The number of nitrogens with zero attached hydrogens (tertiary/aromatic N) is 1.